The van der Waals surface area contributed by atoms with Crippen LogP contribution in [0.3, 0.4) is 0 Å². The monoisotopic (exact) mass is 280 g/mol. The minimum atomic E-state index is -0.268. The first-order chi connectivity index (χ1) is 9.65. The third-order valence-corrected chi connectivity index (χ3v) is 3.38. The van der Waals surface area contributed by atoms with E-state index in [9.17, 15) is 4.79 Å². The molecule has 1 fully saturated rings. The van der Waals surface area contributed by atoms with Crippen molar-refractivity contribution in [1.82, 2.24) is 5.32 Å². The van der Waals surface area contributed by atoms with E-state index in [0.29, 0.717) is 31.3 Å². The molecule has 20 heavy (non-hydrogen) atoms. The van der Waals surface area contributed by atoms with E-state index in [0.717, 1.165) is 5.56 Å². The third kappa shape index (κ3) is 3.20. The molecule has 1 heterocycles. The fourth-order valence-corrected chi connectivity index (χ4v) is 2.15. The largest absolute Gasteiger partial charge is 0.493 e. The zero-order valence-corrected chi connectivity index (χ0v) is 11.7. The van der Waals surface area contributed by atoms with Crippen LogP contribution in [0.4, 0.5) is 0 Å². The van der Waals surface area contributed by atoms with Crippen LogP contribution in [-0.4, -0.2) is 39.4 Å². The van der Waals surface area contributed by atoms with E-state index in [1.54, 1.807) is 14.2 Å². The Morgan fingerprint density at radius 1 is 1.35 bits per heavy atom. The van der Waals surface area contributed by atoms with Crippen LogP contribution in [0.15, 0.2) is 18.2 Å². The van der Waals surface area contributed by atoms with Crippen LogP contribution in [0.25, 0.3) is 0 Å². The number of amides is 1. The number of ether oxygens (including phenoxy) is 3. The van der Waals surface area contributed by atoms with Gasteiger partial charge >= 0.3 is 0 Å². The molecule has 1 aromatic rings. The molecule has 1 saturated heterocycles. The summed E-state index contributed by atoms with van der Waals surface area (Å²) in [7, 11) is 3.16. The number of rotatable bonds is 5. The Bertz CT molecular complexity index is 478. The van der Waals surface area contributed by atoms with Crippen LogP contribution in [0.2, 0.25) is 0 Å². The number of nitrogens with one attached hydrogen (secondary N) is 1. The average Bonchev–Trinajstić information content (AvgIpc) is 2.90. The fourth-order valence-electron chi connectivity index (χ4n) is 2.15. The van der Waals surface area contributed by atoms with Crippen molar-refractivity contribution < 1.29 is 19.0 Å². The molecule has 0 aliphatic carbocycles. The van der Waals surface area contributed by atoms with E-state index in [1.165, 1.54) is 0 Å². The van der Waals surface area contributed by atoms with Gasteiger partial charge in [-0.15, -0.1) is 0 Å². The first-order valence-corrected chi connectivity index (χ1v) is 6.47. The van der Waals surface area contributed by atoms with Crippen LogP contribution in [0.1, 0.15) is 5.56 Å². The third-order valence-electron chi connectivity index (χ3n) is 3.38. The van der Waals surface area contributed by atoms with Crippen LogP contribution in [0, 0.1) is 5.92 Å². The number of hydrogen-bond donors (Lipinski definition) is 2. The normalized spacial score (nSPS) is 21.6. The second kappa shape index (κ2) is 6.58. The maximum Gasteiger partial charge on any atom is 0.227 e. The molecule has 6 nitrogen and oxygen atoms in total. The molecule has 0 spiro atoms. The summed E-state index contributed by atoms with van der Waals surface area (Å²) in [4.78, 5) is 12.0. The molecule has 0 radical (unpaired) electrons. The molecule has 0 aromatic heterocycles. The van der Waals surface area contributed by atoms with Crippen molar-refractivity contribution in [3.63, 3.8) is 0 Å². The van der Waals surface area contributed by atoms with Gasteiger partial charge in [-0.2, -0.15) is 0 Å². The van der Waals surface area contributed by atoms with Gasteiger partial charge in [0, 0.05) is 12.6 Å². The van der Waals surface area contributed by atoms with E-state index in [-0.39, 0.29) is 17.9 Å². The predicted molar refractivity (Wildman–Crippen MR) is 73.7 cm³/mol. The van der Waals surface area contributed by atoms with Gasteiger partial charge in [0.05, 0.1) is 33.4 Å². The number of hydrogen-bond acceptors (Lipinski definition) is 5. The highest BCUT2D eigenvalue weighted by atomic mass is 16.5. The van der Waals surface area contributed by atoms with Gasteiger partial charge in [0.1, 0.15) is 0 Å². The first kappa shape index (κ1) is 14.6. The highest BCUT2D eigenvalue weighted by Crippen LogP contribution is 2.27. The van der Waals surface area contributed by atoms with E-state index in [2.05, 4.69) is 5.32 Å². The molecule has 0 saturated carbocycles. The Kier molecular flexibility index (Phi) is 4.81. The molecule has 110 valence electrons. The van der Waals surface area contributed by atoms with E-state index < -0.39 is 0 Å². The summed E-state index contributed by atoms with van der Waals surface area (Å²) in [5, 5.41) is 2.86. The summed E-state index contributed by atoms with van der Waals surface area (Å²) < 4.78 is 15.6. The molecule has 2 unspecified atom stereocenters. The summed E-state index contributed by atoms with van der Waals surface area (Å²) in [5.41, 5.74) is 6.74. The van der Waals surface area contributed by atoms with Gasteiger partial charge in [-0.05, 0) is 17.7 Å². The second-order valence-corrected chi connectivity index (χ2v) is 4.71. The lowest BCUT2D eigenvalue weighted by Gasteiger charge is -2.14. The lowest BCUT2D eigenvalue weighted by atomic mass is 10.0. The molecule has 1 aliphatic rings. The van der Waals surface area contributed by atoms with E-state index >= 15 is 0 Å². The van der Waals surface area contributed by atoms with Crippen molar-refractivity contribution in [3.05, 3.63) is 23.8 Å². The Hall–Kier alpha value is -1.79. The molecule has 0 bridgehead atoms. The fraction of sp³-hybridized carbons (Fsp3) is 0.500. The SMILES string of the molecule is COc1ccc(CNC(=O)C2COCC2N)cc1OC. The summed E-state index contributed by atoms with van der Waals surface area (Å²) >= 11 is 0. The van der Waals surface area contributed by atoms with Crippen LogP contribution in [-0.2, 0) is 16.1 Å². The predicted octanol–water partition coefficient (Wildman–Crippen LogP) is 0.294. The van der Waals surface area contributed by atoms with Crippen molar-refractivity contribution in [2.24, 2.45) is 11.7 Å². The lowest BCUT2D eigenvalue weighted by molar-refractivity contribution is -0.125. The summed E-state index contributed by atoms with van der Waals surface area (Å²) in [5.74, 6) is 0.953. The summed E-state index contributed by atoms with van der Waals surface area (Å²) in [6, 6.07) is 5.31. The Morgan fingerprint density at radius 2 is 2.10 bits per heavy atom. The highest BCUT2D eigenvalue weighted by Gasteiger charge is 2.30. The summed E-state index contributed by atoms with van der Waals surface area (Å²) in [6.07, 6.45) is 0. The number of nitrogens with two attached hydrogens (primary N) is 1. The van der Waals surface area contributed by atoms with E-state index in [4.69, 9.17) is 19.9 Å². The van der Waals surface area contributed by atoms with Gasteiger partial charge in [0.15, 0.2) is 11.5 Å². The first-order valence-electron chi connectivity index (χ1n) is 6.47. The van der Waals surface area contributed by atoms with Crippen molar-refractivity contribution in [2.45, 2.75) is 12.6 Å². The minimum Gasteiger partial charge on any atom is -0.493 e. The number of methoxy groups -OCH3 is 2. The molecule has 2 atom stereocenters. The van der Waals surface area contributed by atoms with Crippen molar-refractivity contribution in [3.8, 4) is 11.5 Å². The van der Waals surface area contributed by atoms with Crippen LogP contribution >= 0.6 is 0 Å². The minimum absolute atomic E-state index is 0.0789. The topological polar surface area (TPSA) is 82.8 Å². The Balaban J connectivity index is 1.95. The van der Waals surface area contributed by atoms with Crippen molar-refractivity contribution >= 4 is 5.91 Å². The molecule has 6 heteroatoms. The Labute approximate surface area is 118 Å². The number of benzene rings is 1. The van der Waals surface area contributed by atoms with Gasteiger partial charge in [0.25, 0.3) is 0 Å². The molecular formula is C14H20N2O4. The molecule has 1 amide bonds. The average molecular weight is 280 g/mol. The smallest absolute Gasteiger partial charge is 0.227 e. The molecule has 1 aromatic carbocycles. The van der Waals surface area contributed by atoms with E-state index in [1.807, 2.05) is 18.2 Å². The van der Waals surface area contributed by atoms with Crippen molar-refractivity contribution in [2.75, 3.05) is 27.4 Å². The Morgan fingerprint density at radius 3 is 2.70 bits per heavy atom. The van der Waals surface area contributed by atoms with Gasteiger partial charge in [-0.1, -0.05) is 6.07 Å². The second-order valence-electron chi connectivity index (χ2n) is 4.71. The van der Waals surface area contributed by atoms with Gasteiger partial charge < -0.3 is 25.3 Å². The lowest BCUT2D eigenvalue weighted by Crippen LogP contribution is -2.40. The van der Waals surface area contributed by atoms with Gasteiger partial charge in [-0.3, -0.25) is 4.79 Å². The van der Waals surface area contributed by atoms with Gasteiger partial charge in [-0.25, -0.2) is 0 Å². The molecule has 1 aliphatic heterocycles. The van der Waals surface area contributed by atoms with Crippen LogP contribution < -0.4 is 20.5 Å². The maximum absolute atomic E-state index is 12.0. The highest BCUT2D eigenvalue weighted by molar-refractivity contribution is 5.79. The number of carbonyl (C=O) groups excluding carboxylic acids is 1. The molecule has 3 N–H and O–H groups in total. The van der Waals surface area contributed by atoms with Crippen LogP contribution in [0.5, 0.6) is 11.5 Å². The quantitative estimate of drug-likeness (QED) is 0.810. The van der Waals surface area contributed by atoms with Gasteiger partial charge in [0.2, 0.25) is 5.91 Å². The standard InChI is InChI=1S/C14H20N2O4/c1-18-12-4-3-9(5-13(12)19-2)6-16-14(17)10-7-20-8-11(10)15/h3-5,10-11H,6-8,15H2,1-2H3,(H,16,17). The molecule has 2 rings (SSSR count). The zero-order chi connectivity index (χ0) is 14.5. The number of carbonyl (C=O) groups is 1. The van der Waals surface area contributed by atoms with Crippen molar-refractivity contribution in [1.29, 1.82) is 0 Å². The zero-order valence-electron chi connectivity index (χ0n) is 11.7. The summed E-state index contributed by atoms with van der Waals surface area (Å²) in [6.45, 7) is 1.25. The molecular weight excluding hydrogens is 260 g/mol. The maximum atomic E-state index is 12.0.